The Balaban J connectivity index is 0.00000264. The first-order chi connectivity index (χ1) is 10.4. The zero-order valence-electron chi connectivity index (χ0n) is 12.6. The number of carbonyl (C=O) groups is 2. The Hall–Kier alpha value is -1.73. The first-order valence-corrected chi connectivity index (χ1v) is 7.12. The standard InChI is InChI=1S/C15H18F2N2O3.ClH/c1-9(19-7-3-4-10(8-19)15(21)22)14(20)18-13-11(16)5-2-6-12(13)17;/h2,5-6,9-10H,3-4,7-8H2,1H3,(H,18,20)(H,21,22);1H. The number of amides is 1. The highest BCUT2D eigenvalue weighted by atomic mass is 35.5. The maximum atomic E-state index is 13.5. The molecule has 1 amide bonds. The van der Waals surface area contributed by atoms with E-state index in [-0.39, 0.29) is 19.0 Å². The number of carbonyl (C=O) groups excluding carboxylic acids is 1. The molecule has 1 saturated heterocycles. The van der Waals surface area contributed by atoms with Crippen LogP contribution in [0.1, 0.15) is 19.8 Å². The lowest BCUT2D eigenvalue weighted by atomic mass is 9.97. The van der Waals surface area contributed by atoms with Crippen LogP contribution < -0.4 is 5.32 Å². The van der Waals surface area contributed by atoms with E-state index >= 15 is 0 Å². The molecule has 0 aliphatic carbocycles. The predicted molar refractivity (Wildman–Crippen MR) is 83.6 cm³/mol. The molecule has 128 valence electrons. The molecule has 2 atom stereocenters. The van der Waals surface area contributed by atoms with Crippen molar-refractivity contribution in [2.24, 2.45) is 5.92 Å². The summed E-state index contributed by atoms with van der Waals surface area (Å²) in [5.74, 6) is -3.66. The van der Waals surface area contributed by atoms with Gasteiger partial charge in [-0.2, -0.15) is 0 Å². The van der Waals surface area contributed by atoms with Gasteiger partial charge in [0.05, 0.1) is 12.0 Å². The SMILES string of the molecule is CC(C(=O)Nc1c(F)cccc1F)N1CCCC(C(=O)O)C1.Cl. The molecule has 8 heteroatoms. The van der Waals surface area contributed by atoms with Gasteiger partial charge in [0.1, 0.15) is 17.3 Å². The number of rotatable bonds is 4. The molecule has 1 fully saturated rings. The normalized spacial score (nSPS) is 19.5. The van der Waals surface area contributed by atoms with Crippen LogP contribution in [0.2, 0.25) is 0 Å². The second-order valence-corrected chi connectivity index (χ2v) is 5.43. The van der Waals surface area contributed by atoms with E-state index in [2.05, 4.69) is 5.32 Å². The summed E-state index contributed by atoms with van der Waals surface area (Å²) in [5, 5.41) is 11.3. The van der Waals surface area contributed by atoms with Gasteiger partial charge in [-0.3, -0.25) is 14.5 Å². The quantitative estimate of drug-likeness (QED) is 0.877. The van der Waals surface area contributed by atoms with Gasteiger partial charge in [-0.05, 0) is 38.4 Å². The van der Waals surface area contributed by atoms with Gasteiger partial charge in [-0.25, -0.2) is 8.78 Å². The van der Waals surface area contributed by atoms with E-state index in [0.717, 1.165) is 12.1 Å². The maximum Gasteiger partial charge on any atom is 0.307 e. The summed E-state index contributed by atoms with van der Waals surface area (Å²) in [4.78, 5) is 24.9. The third-order valence-corrected chi connectivity index (χ3v) is 3.94. The molecule has 0 bridgehead atoms. The number of nitrogens with zero attached hydrogens (tertiary/aromatic N) is 1. The molecule has 2 unspecified atom stereocenters. The van der Waals surface area contributed by atoms with Crippen molar-refractivity contribution in [1.29, 1.82) is 0 Å². The van der Waals surface area contributed by atoms with Crippen LogP contribution in [0.5, 0.6) is 0 Å². The predicted octanol–water partition coefficient (Wildman–Crippen LogP) is 2.51. The lowest BCUT2D eigenvalue weighted by molar-refractivity contribution is -0.144. The number of aliphatic carboxylic acids is 1. The van der Waals surface area contributed by atoms with E-state index in [4.69, 9.17) is 5.11 Å². The molecule has 23 heavy (non-hydrogen) atoms. The van der Waals surface area contributed by atoms with Crippen molar-refractivity contribution >= 4 is 30.0 Å². The summed E-state index contributed by atoms with van der Waals surface area (Å²) in [6.07, 6.45) is 1.24. The Labute approximate surface area is 139 Å². The minimum Gasteiger partial charge on any atom is -0.481 e. The lowest BCUT2D eigenvalue weighted by Gasteiger charge is -2.34. The Morgan fingerprint density at radius 2 is 1.96 bits per heavy atom. The third kappa shape index (κ3) is 4.62. The molecule has 2 rings (SSSR count). The minimum absolute atomic E-state index is 0. The van der Waals surface area contributed by atoms with Crippen molar-refractivity contribution in [3.8, 4) is 0 Å². The van der Waals surface area contributed by atoms with Crippen LogP contribution in [0, 0.1) is 17.6 Å². The van der Waals surface area contributed by atoms with Crippen LogP contribution >= 0.6 is 12.4 Å². The summed E-state index contributed by atoms with van der Waals surface area (Å²) in [6.45, 7) is 2.43. The van der Waals surface area contributed by atoms with Crippen molar-refractivity contribution in [3.63, 3.8) is 0 Å². The second-order valence-electron chi connectivity index (χ2n) is 5.43. The summed E-state index contributed by atoms with van der Waals surface area (Å²) in [6, 6.07) is 2.67. The van der Waals surface area contributed by atoms with Crippen LogP contribution in [0.15, 0.2) is 18.2 Å². The second kappa shape index (κ2) is 8.21. The van der Waals surface area contributed by atoms with Crippen molar-refractivity contribution in [1.82, 2.24) is 4.90 Å². The van der Waals surface area contributed by atoms with Gasteiger partial charge in [0.15, 0.2) is 0 Å². The molecule has 1 aromatic rings. The molecular weight excluding hydrogens is 330 g/mol. The number of carboxylic acid groups (broad SMARTS) is 1. The summed E-state index contributed by atoms with van der Waals surface area (Å²) < 4.78 is 27.1. The molecule has 0 aromatic heterocycles. The number of carboxylic acids is 1. The molecule has 0 spiro atoms. The topological polar surface area (TPSA) is 69.6 Å². The van der Waals surface area contributed by atoms with Gasteiger partial charge >= 0.3 is 5.97 Å². The summed E-state index contributed by atoms with van der Waals surface area (Å²) in [5.41, 5.74) is -0.480. The summed E-state index contributed by atoms with van der Waals surface area (Å²) >= 11 is 0. The van der Waals surface area contributed by atoms with E-state index in [1.165, 1.54) is 6.07 Å². The zero-order chi connectivity index (χ0) is 16.3. The molecule has 0 radical (unpaired) electrons. The highest BCUT2D eigenvalue weighted by Crippen LogP contribution is 2.21. The first-order valence-electron chi connectivity index (χ1n) is 7.12. The van der Waals surface area contributed by atoms with E-state index in [1.54, 1.807) is 11.8 Å². The number of halogens is 3. The van der Waals surface area contributed by atoms with Gasteiger partial charge in [0, 0.05) is 6.54 Å². The fourth-order valence-electron chi connectivity index (χ4n) is 2.57. The number of likely N-dealkylation sites (tertiary alicyclic amines) is 1. The Bertz CT molecular complexity index is 566. The maximum absolute atomic E-state index is 13.5. The Kier molecular flexibility index (Phi) is 6.90. The Morgan fingerprint density at radius 1 is 1.35 bits per heavy atom. The van der Waals surface area contributed by atoms with Crippen LogP contribution in [0.4, 0.5) is 14.5 Å². The molecule has 2 N–H and O–H groups in total. The zero-order valence-corrected chi connectivity index (χ0v) is 13.4. The fourth-order valence-corrected chi connectivity index (χ4v) is 2.57. The van der Waals surface area contributed by atoms with Crippen molar-refractivity contribution in [3.05, 3.63) is 29.8 Å². The highest BCUT2D eigenvalue weighted by Gasteiger charge is 2.31. The molecule has 1 aliphatic heterocycles. The molecule has 5 nitrogen and oxygen atoms in total. The molecular formula is C15H19ClF2N2O3. The van der Waals surface area contributed by atoms with E-state index in [0.29, 0.717) is 19.4 Å². The number of hydrogen-bond donors (Lipinski definition) is 2. The van der Waals surface area contributed by atoms with Crippen LogP contribution in [0.3, 0.4) is 0 Å². The number of benzene rings is 1. The van der Waals surface area contributed by atoms with Crippen molar-refractivity contribution < 1.29 is 23.5 Å². The number of hydrogen-bond acceptors (Lipinski definition) is 3. The lowest BCUT2D eigenvalue weighted by Crippen LogP contribution is -2.48. The first kappa shape index (κ1) is 19.3. The number of anilines is 1. The van der Waals surface area contributed by atoms with Crippen LogP contribution in [-0.4, -0.2) is 41.0 Å². The average molecular weight is 349 g/mol. The van der Waals surface area contributed by atoms with Gasteiger partial charge in [0.25, 0.3) is 0 Å². The number of piperidine rings is 1. The van der Waals surface area contributed by atoms with Gasteiger partial charge in [-0.15, -0.1) is 12.4 Å². The molecule has 1 aliphatic rings. The van der Waals surface area contributed by atoms with Gasteiger partial charge in [0.2, 0.25) is 5.91 Å². The summed E-state index contributed by atoms with van der Waals surface area (Å²) in [7, 11) is 0. The van der Waals surface area contributed by atoms with Gasteiger partial charge in [-0.1, -0.05) is 6.07 Å². The number of nitrogens with one attached hydrogen (secondary N) is 1. The van der Waals surface area contributed by atoms with Crippen LogP contribution in [0.25, 0.3) is 0 Å². The van der Waals surface area contributed by atoms with E-state index in [9.17, 15) is 18.4 Å². The highest BCUT2D eigenvalue weighted by molar-refractivity contribution is 5.94. The van der Waals surface area contributed by atoms with Crippen LogP contribution in [-0.2, 0) is 9.59 Å². The largest absolute Gasteiger partial charge is 0.481 e. The fraction of sp³-hybridized carbons (Fsp3) is 0.467. The smallest absolute Gasteiger partial charge is 0.307 e. The molecule has 1 aromatic carbocycles. The number of para-hydroxylation sites is 1. The van der Waals surface area contributed by atoms with Crippen molar-refractivity contribution in [2.75, 3.05) is 18.4 Å². The third-order valence-electron chi connectivity index (χ3n) is 3.94. The minimum atomic E-state index is -0.891. The van der Waals surface area contributed by atoms with E-state index < -0.39 is 41.2 Å². The molecule has 1 heterocycles. The molecule has 0 saturated carbocycles. The average Bonchev–Trinajstić information content (AvgIpc) is 2.50. The van der Waals surface area contributed by atoms with E-state index in [1.807, 2.05) is 0 Å². The van der Waals surface area contributed by atoms with Gasteiger partial charge < -0.3 is 10.4 Å². The Morgan fingerprint density at radius 3 is 2.52 bits per heavy atom. The monoisotopic (exact) mass is 348 g/mol. The van der Waals surface area contributed by atoms with Crippen molar-refractivity contribution in [2.45, 2.75) is 25.8 Å².